The van der Waals surface area contributed by atoms with Crippen molar-refractivity contribution in [2.45, 2.75) is 20.4 Å². The Hall–Kier alpha value is -2.90. The van der Waals surface area contributed by atoms with E-state index in [0.29, 0.717) is 22.8 Å². The zero-order valence-corrected chi connectivity index (χ0v) is 16.8. The Morgan fingerprint density at radius 3 is 2.71 bits per heavy atom. The van der Waals surface area contributed by atoms with Crippen LogP contribution in [-0.2, 0) is 6.54 Å². The number of primary amides is 1. The average molecular weight is 413 g/mol. The largest absolute Gasteiger partial charge is 0.366 e. The highest BCUT2D eigenvalue weighted by Gasteiger charge is 2.20. The minimum atomic E-state index is -0.473. The maximum absolute atomic E-state index is 11.9. The molecule has 2 N–H and O–H groups in total. The molecule has 1 aromatic carbocycles. The second-order valence-corrected chi connectivity index (χ2v) is 7.70. The third-order valence-corrected chi connectivity index (χ3v) is 5.77. The van der Waals surface area contributed by atoms with Gasteiger partial charge in [-0.3, -0.25) is 4.79 Å². The summed E-state index contributed by atoms with van der Waals surface area (Å²) in [6, 6.07) is 11.2. The highest BCUT2D eigenvalue weighted by molar-refractivity contribution is 7.13. The van der Waals surface area contributed by atoms with Crippen LogP contribution in [0.2, 0.25) is 5.02 Å². The first-order valence-corrected chi connectivity index (χ1v) is 9.82. The van der Waals surface area contributed by atoms with Crippen LogP contribution in [-0.4, -0.2) is 20.6 Å². The van der Waals surface area contributed by atoms with Crippen LogP contribution in [0.15, 0.2) is 46.3 Å². The molecule has 0 atom stereocenters. The summed E-state index contributed by atoms with van der Waals surface area (Å²) < 4.78 is 7.15. The van der Waals surface area contributed by atoms with Gasteiger partial charge < -0.3 is 14.8 Å². The lowest BCUT2D eigenvalue weighted by Gasteiger charge is -2.12. The third-order valence-electron chi connectivity index (χ3n) is 4.53. The van der Waals surface area contributed by atoms with E-state index in [4.69, 9.17) is 26.8 Å². The van der Waals surface area contributed by atoms with Gasteiger partial charge in [-0.2, -0.15) is 0 Å². The maximum atomic E-state index is 11.9. The minimum Gasteiger partial charge on any atom is -0.366 e. The molecule has 0 aliphatic rings. The van der Waals surface area contributed by atoms with Crippen molar-refractivity contribution >= 4 is 28.8 Å². The molecule has 3 heterocycles. The zero-order chi connectivity index (χ0) is 19.8. The molecule has 28 heavy (non-hydrogen) atoms. The number of nitrogens with zero attached hydrogens (tertiary/aromatic N) is 3. The lowest BCUT2D eigenvalue weighted by atomic mass is 10.2. The molecule has 4 aromatic rings. The molecule has 1 amide bonds. The molecule has 0 fully saturated rings. The Morgan fingerprint density at radius 1 is 1.25 bits per heavy atom. The average Bonchev–Trinajstić information content (AvgIpc) is 3.37. The highest BCUT2D eigenvalue weighted by atomic mass is 35.5. The van der Waals surface area contributed by atoms with Gasteiger partial charge in [0.1, 0.15) is 16.5 Å². The summed E-state index contributed by atoms with van der Waals surface area (Å²) in [6.07, 6.45) is 0. The van der Waals surface area contributed by atoms with Crippen molar-refractivity contribution in [2.24, 2.45) is 5.73 Å². The zero-order valence-electron chi connectivity index (χ0n) is 15.3. The lowest BCUT2D eigenvalue weighted by molar-refractivity contribution is 0.0999. The standard InChI is InChI=1S/C20H17ClN4O2S/c1-11-7-16(24-27-11)20-23-17(10-28-20)18-8-14(19(22)26)12(2)25(18)9-13-5-3-4-6-15(13)21/h3-8,10H,9H2,1-2H3,(H2,22,26). The van der Waals surface area contributed by atoms with Gasteiger partial charge in [0.05, 0.1) is 17.0 Å². The molecule has 0 bridgehead atoms. The Labute approximate surface area is 170 Å². The van der Waals surface area contributed by atoms with Gasteiger partial charge in [0.25, 0.3) is 5.91 Å². The molecule has 0 aliphatic carbocycles. The Balaban J connectivity index is 1.80. The van der Waals surface area contributed by atoms with Gasteiger partial charge in [0, 0.05) is 28.7 Å². The number of hydrogen-bond acceptors (Lipinski definition) is 5. The van der Waals surface area contributed by atoms with Crippen molar-refractivity contribution in [3.63, 3.8) is 0 Å². The molecular formula is C20H17ClN4O2S. The molecule has 8 heteroatoms. The van der Waals surface area contributed by atoms with Crippen LogP contribution < -0.4 is 5.73 Å². The fourth-order valence-corrected chi connectivity index (χ4v) is 4.04. The molecule has 4 rings (SSSR count). The molecule has 0 unspecified atom stereocenters. The predicted molar refractivity (Wildman–Crippen MR) is 110 cm³/mol. The van der Waals surface area contributed by atoms with E-state index in [1.54, 1.807) is 6.07 Å². The number of halogens is 1. The van der Waals surface area contributed by atoms with Gasteiger partial charge >= 0.3 is 0 Å². The van der Waals surface area contributed by atoms with Crippen LogP contribution in [0.25, 0.3) is 22.1 Å². The number of aromatic nitrogens is 3. The van der Waals surface area contributed by atoms with Crippen molar-refractivity contribution in [1.29, 1.82) is 0 Å². The van der Waals surface area contributed by atoms with Crippen LogP contribution in [0.3, 0.4) is 0 Å². The number of carbonyl (C=O) groups excluding carboxylic acids is 1. The Kier molecular flexibility index (Phi) is 4.78. The summed E-state index contributed by atoms with van der Waals surface area (Å²) >= 11 is 7.81. The summed E-state index contributed by atoms with van der Waals surface area (Å²) in [6.45, 7) is 4.21. The minimum absolute atomic E-state index is 0.467. The number of aryl methyl sites for hydroxylation is 1. The number of thiazole rings is 1. The summed E-state index contributed by atoms with van der Waals surface area (Å²) in [5.41, 5.74) is 9.99. The number of benzene rings is 1. The summed E-state index contributed by atoms with van der Waals surface area (Å²) in [7, 11) is 0. The lowest BCUT2D eigenvalue weighted by Crippen LogP contribution is -2.12. The smallest absolute Gasteiger partial charge is 0.250 e. The molecule has 3 aromatic heterocycles. The first-order valence-electron chi connectivity index (χ1n) is 8.57. The SMILES string of the molecule is Cc1cc(-c2nc(-c3cc(C(N)=O)c(C)n3Cc3ccccc3Cl)cs2)no1. The summed E-state index contributed by atoms with van der Waals surface area (Å²) in [4.78, 5) is 16.6. The Bertz CT molecular complexity index is 1170. The molecule has 6 nitrogen and oxygen atoms in total. The number of amides is 1. The third kappa shape index (κ3) is 3.34. The van der Waals surface area contributed by atoms with Crippen LogP contribution in [0.4, 0.5) is 0 Å². The van der Waals surface area contributed by atoms with E-state index in [1.165, 1.54) is 11.3 Å². The van der Waals surface area contributed by atoms with E-state index in [9.17, 15) is 4.79 Å². The molecule has 0 spiro atoms. The maximum Gasteiger partial charge on any atom is 0.250 e. The number of carbonyl (C=O) groups is 1. The van der Waals surface area contributed by atoms with Crippen molar-refractivity contribution in [3.8, 4) is 22.1 Å². The molecule has 142 valence electrons. The molecule has 0 radical (unpaired) electrons. The normalized spacial score (nSPS) is 11.1. The van der Waals surface area contributed by atoms with E-state index in [-0.39, 0.29) is 0 Å². The first kappa shape index (κ1) is 18.5. The van der Waals surface area contributed by atoms with Crippen molar-refractivity contribution in [3.05, 3.63) is 69.4 Å². The predicted octanol–water partition coefficient (Wildman–Crippen LogP) is 4.68. The fourth-order valence-electron chi connectivity index (χ4n) is 3.08. The van der Waals surface area contributed by atoms with Crippen LogP contribution in [0.5, 0.6) is 0 Å². The van der Waals surface area contributed by atoms with Gasteiger partial charge in [-0.25, -0.2) is 4.98 Å². The molecule has 0 aliphatic heterocycles. The van der Waals surface area contributed by atoms with E-state index >= 15 is 0 Å². The molecule has 0 saturated carbocycles. The van der Waals surface area contributed by atoms with E-state index in [1.807, 2.05) is 54.1 Å². The van der Waals surface area contributed by atoms with E-state index < -0.39 is 5.91 Å². The van der Waals surface area contributed by atoms with Gasteiger partial charge in [0.15, 0.2) is 0 Å². The summed E-state index contributed by atoms with van der Waals surface area (Å²) in [5.74, 6) is 0.250. The quantitative estimate of drug-likeness (QED) is 0.515. The van der Waals surface area contributed by atoms with Crippen molar-refractivity contribution in [1.82, 2.24) is 14.7 Å². The van der Waals surface area contributed by atoms with E-state index in [0.717, 1.165) is 33.4 Å². The van der Waals surface area contributed by atoms with E-state index in [2.05, 4.69) is 5.16 Å². The van der Waals surface area contributed by atoms with Crippen LogP contribution in [0.1, 0.15) is 27.4 Å². The topological polar surface area (TPSA) is 86.9 Å². The fraction of sp³-hybridized carbons (Fsp3) is 0.150. The first-order chi connectivity index (χ1) is 13.4. The Morgan fingerprint density at radius 2 is 2.04 bits per heavy atom. The second-order valence-electron chi connectivity index (χ2n) is 6.43. The van der Waals surface area contributed by atoms with Crippen molar-refractivity contribution in [2.75, 3.05) is 0 Å². The molecular weight excluding hydrogens is 396 g/mol. The number of hydrogen-bond donors (Lipinski definition) is 1. The van der Waals surface area contributed by atoms with Gasteiger partial charge in [-0.15, -0.1) is 11.3 Å². The van der Waals surface area contributed by atoms with Crippen LogP contribution in [0, 0.1) is 13.8 Å². The number of rotatable bonds is 5. The van der Waals surface area contributed by atoms with Gasteiger partial charge in [-0.05, 0) is 31.5 Å². The molecule has 0 saturated heterocycles. The van der Waals surface area contributed by atoms with Crippen molar-refractivity contribution < 1.29 is 9.32 Å². The van der Waals surface area contributed by atoms with Gasteiger partial charge in [-0.1, -0.05) is 35.0 Å². The monoisotopic (exact) mass is 412 g/mol. The van der Waals surface area contributed by atoms with Crippen LogP contribution >= 0.6 is 22.9 Å². The number of nitrogens with two attached hydrogens (primary N) is 1. The summed E-state index contributed by atoms with van der Waals surface area (Å²) in [5, 5.41) is 7.36. The van der Waals surface area contributed by atoms with Gasteiger partial charge in [0.2, 0.25) is 0 Å². The second kappa shape index (κ2) is 7.26. The highest BCUT2D eigenvalue weighted by Crippen LogP contribution is 2.32.